The van der Waals surface area contributed by atoms with Crippen molar-refractivity contribution < 1.29 is 24.0 Å². The van der Waals surface area contributed by atoms with E-state index in [0.717, 1.165) is 22.3 Å². The number of fused-ring (bicyclic) bond motifs is 1. The topological polar surface area (TPSA) is 99.0 Å². The van der Waals surface area contributed by atoms with E-state index in [0.29, 0.717) is 10.8 Å². The van der Waals surface area contributed by atoms with Gasteiger partial charge >= 0.3 is 11.9 Å². The second-order valence-corrected chi connectivity index (χ2v) is 10.4. The minimum absolute atomic E-state index is 0.155. The van der Waals surface area contributed by atoms with Crippen molar-refractivity contribution in [2.75, 3.05) is 19.1 Å². The van der Waals surface area contributed by atoms with Crippen LogP contribution in [0.3, 0.4) is 0 Å². The molecule has 0 spiro atoms. The second-order valence-electron chi connectivity index (χ2n) is 10.4. The first-order valence-electron chi connectivity index (χ1n) is 14.1. The largest absolute Gasteiger partial charge is 0.469 e. The summed E-state index contributed by atoms with van der Waals surface area (Å²) >= 11 is 0. The Kier molecular flexibility index (Phi) is 8.71. The first kappa shape index (κ1) is 30.0. The Morgan fingerprint density at radius 2 is 1.20 bits per heavy atom. The second kappa shape index (κ2) is 12.8. The molecule has 8 heteroatoms. The number of nitro groups is 1. The normalized spacial score (nSPS) is 11.9. The van der Waals surface area contributed by atoms with Crippen molar-refractivity contribution >= 4 is 34.1 Å². The van der Waals surface area contributed by atoms with Gasteiger partial charge in [-0.25, -0.2) is 4.79 Å². The number of nitrogens with zero attached hydrogens (tertiary/aromatic N) is 2. The predicted octanol–water partition coefficient (Wildman–Crippen LogP) is 6.96. The molecule has 5 aromatic carbocycles. The molecule has 0 saturated carbocycles. The maximum atomic E-state index is 13.9. The number of nitro benzene ring substituents is 1. The summed E-state index contributed by atoms with van der Waals surface area (Å²) in [5.41, 5.74) is 1.51. The summed E-state index contributed by atoms with van der Waals surface area (Å²) in [7, 11) is 2.47. The Bertz CT molecular complexity index is 1700. The van der Waals surface area contributed by atoms with Crippen LogP contribution in [0.15, 0.2) is 121 Å². The van der Waals surface area contributed by atoms with Crippen LogP contribution in [0.5, 0.6) is 0 Å². The van der Waals surface area contributed by atoms with E-state index in [1.54, 1.807) is 23.1 Å². The molecule has 5 aromatic rings. The molecule has 0 aliphatic heterocycles. The fraction of sp³-hybridized carbons (Fsp3) is 0.167. The van der Waals surface area contributed by atoms with Crippen LogP contribution >= 0.6 is 0 Å². The molecule has 0 radical (unpaired) electrons. The van der Waals surface area contributed by atoms with E-state index in [9.17, 15) is 19.7 Å². The molecular formula is C36H32N2O6. The lowest BCUT2D eigenvalue weighted by atomic mass is 9.74. The molecule has 0 amide bonds. The van der Waals surface area contributed by atoms with Crippen LogP contribution in [0.2, 0.25) is 0 Å². The van der Waals surface area contributed by atoms with Gasteiger partial charge in [0.25, 0.3) is 5.69 Å². The predicted molar refractivity (Wildman–Crippen MR) is 169 cm³/mol. The first-order valence-corrected chi connectivity index (χ1v) is 14.1. The molecule has 0 aliphatic rings. The molecule has 8 nitrogen and oxygen atoms in total. The van der Waals surface area contributed by atoms with Crippen LogP contribution in [-0.4, -0.2) is 37.1 Å². The molecule has 0 aliphatic carbocycles. The third kappa shape index (κ3) is 5.26. The van der Waals surface area contributed by atoms with E-state index in [1.165, 1.54) is 14.2 Å². The van der Waals surface area contributed by atoms with Gasteiger partial charge in [0.1, 0.15) is 17.3 Å². The molecule has 1 atom stereocenters. The van der Waals surface area contributed by atoms with Crippen molar-refractivity contribution in [3.8, 4) is 0 Å². The lowest BCUT2D eigenvalue weighted by Crippen LogP contribution is -2.57. The average Bonchev–Trinajstić information content (AvgIpc) is 3.07. The maximum Gasteiger partial charge on any atom is 0.329 e. The highest BCUT2D eigenvalue weighted by Crippen LogP contribution is 2.50. The summed E-state index contributed by atoms with van der Waals surface area (Å²) in [4.78, 5) is 41.3. The molecule has 5 rings (SSSR count). The summed E-state index contributed by atoms with van der Waals surface area (Å²) < 4.78 is 10.4. The highest BCUT2D eigenvalue weighted by atomic mass is 16.6. The highest BCUT2D eigenvalue weighted by molar-refractivity contribution is 6.01. The zero-order chi connectivity index (χ0) is 31.3. The molecule has 44 heavy (non-hydrogen) atoms. The third-order valence-electron chi connectivity index (χ3n) is 7.95. The van der Waals surface area contributed by atoms with E-state index in [-0.39, 0.29) is 11.4 Å². The molecule has 0 unspecified atom stereocenters. The van der Waals surface area contributed by atoms with Crippen LogP contribution in [0.25, 0.3) is 10.8 Å². The Labute approximate surface area is 255 Å². The Balaban J connectivity index is 2.06. The number of benzene rings is 5. The van der Waals surface area contributed by atoms with E-state index in [1.807, 2.05) is 110 Å². The summed E-state index contributed by atoms with van der Waals surface area (Å²) in [5.74, 6) is -1.42. The van der Waals surface area contributed by atoms with Crippen molar-refractivity contribution in [2.24, 2.45) is 0 Å². The van der Waals surface area contributed by atoms with Gasteiger partial charge in [-0.2, -0.15) is 0 Å². The van der Waals surface area contributed by atoms with Gasteiger partial charge in [-0.15, -0.1) is 0 Å². The zero-order valence-electron chi connectivity index (χ0n) is 24.7. The third-order valence-corrected chi connectivity index (χ3v) is 7.95. The average molecular weight is 589 g/mol. The SMILES string of the molecule is COC(=O)C[C@@H](C(=O)OC)N(c1cc(C)c2ccccc2c1[N+](=O)[O-])C(c1ccccc1)(c1ccccc1)c1ccccc1. The van der Waals surface area contributed by atoms with Crippen molar-refractivity contribution in [2.45, 2.75) is 24.9 Å². The Morgan fingerprint density at radius 3 is 1.64 bits per heavy atom. The Morgan fingerprint density at radius 1 is 0.750 bits per heavy atom. The number of esters is 2. The van der Waals surface area contributed by atoms with E-state index < -0.39 is 34.9 Å². The van der Waals surface area contributed by atoms with Gasteiger partial charge in [-0.05, 0) is 46.7 Å². The number of rotatable bonds is 10. The van der Waals surface area contributed by atoms with Gasteiger partial charge in [0.05, 0.1) is 30.9 Å². The Hall–Kier alpha value is -5.50. The number of hydrogen-bond acceptors (Lipinski definition) is 7. The first-order chi connectivity index (χ1) is 21.3. The monoisotopic (exact) mass is 588 g/mol. The minimum Gasteiger partial charge on any atom is -0.469 e. The van der Waals surface area contributed by atoms with Crippen LogP contribution in [0.1, 0.15) is 28.7 Å². The number of hydrogen-bond donors (Lipinski definition) is 0. The number of carbonyl (C=O) groups is 2. The van der Waals surface area contributed by atoms with Gasteiger partial charge in [0, 0.05) is 0 Å². The molecular weight excluding hydrogens is 556 g/mol. The lowest BCUT2D eigenvalue weighted by molar-refractivity contribution is -0.382. The molecule has 0 saturated heterocycles. The summed E-state index contributed by atoms with van der Waals surface area (Å²) in [5, 5.41) is 14.2. The molecule has 0 bridgehead atoms. The molecule has 0 fully saturated rings. The van der Waals surface area contributed by atoms with Gasteiger partial charge in [0.15, 0.2) is 0 Å². The van der Waals surface area contributed by atoms with Crippen molar-refractivity contribution in [1.82, 2.24) is 0 Å². The quantitative estimate of drug-likeness (QED) is 0.0753. The van der Waals surface area contributed by atoms with Crippen LogP contribution < -0.4 is 4.90 Å². The summed E-state index contributed by atoms with van der Waals surface area (Å²) in [6.45, 7) is 1.87. The van der Waals surface area contributed by atoms with E-state index in [2.05, 4.69) is 0 Å². The van der Waals surface area contributed by atoms with Crippen LogP contribution in [0.4, 0.5) is 11.4 Å². The van der Waals surface area contributed by atoms with Crippen molar-refractivity contribution in [3.05, 3.63) is 154 Å². The van der Waals surface area contributed by atoms with Gasteiger partial charge in [-0.1, -0.05) is 109 Å². The number of carbonyl (C=O) groups excluding carboxylic acids is 2. The standard InChI is InChI=1S/C36H32N2O6/c1-25-23-31(34(38(41)42)30-22-14-13-21-29(25)30)37(32(35(40)44-3)24-33(39)43-2)36(26-15-7-4-8-16-26,27-17-9-5-10-18-27)28-19-11-6-12-20-28/h4-23,32H,24H2,1-3H3/t32-/m0/s1. The molecule has 0 heterocycles. The van der Waals surface area contributed by atoms with Crippen molar-refractivity contribution in [1.29, 1.82) is 0 Å². The number of aryl methyl sites for hydroxylation is 1. The smallest absolute Gasteiger partial charge is 0.329 e. The molecule has 0 aromatic heterocycles. The fourth-order valence-corrected chi connectivity index (χ4v) is 6.09. The van der Waals surface area contributed by atoms with E-state index >= 15 is 0 Å². The summed E-state index contributed by atoms with van der Waals surface area (Å²) in [6.07, 6.45) is -0.430. The lowest BCUT2D eigenvalue weighted by Gasteiger charge is -2.49. The zero-order valence-corrected chi connectivity index (χ0v) is 24.7. The van der Waals surface area contributed by atoms with Gasteiger partial charge < -0.3 is 14.4 Å². The van der Waals surface area contributed by atoms with Crippen LogP contribution in [-0.2, 0) is 24.6 Å². The highest BCUT2D eigenvalue weighted by Gasteiger charge is 2.50. The van der Waals surface area contributed by atoms with Gasteiger partial charge in [-0.3, -0.25) is 14.9 Å². The molecule has 222 valence electrons. The fourth-order valence-electron chi connectivity index (χ4n) is 6.09. The van der Waals surface area contributed by atoms with Crippen LogP contribution in [0, 0.1) is 17.0 Å². The number of anilines is 1. The number of methoxy groups -OCH3 is 2. The van der Waals surface area contributed by atoms with Gasteiger partial charge in [0.2, 0.25) is 0 Å². The summed E-state index contributed by atoms with van der Waals surface area (Å²) in [6, 6.07) is 35.9. The maximum absolute atomic E-state index is 13.9. The minimum atomic E-state index is -1.36. The number of ether oxygens (including phenoxy) is 2. The van der Waals surface area contributed by atoms with E-state index in [4.69, 9.17) is 9.47 Å². The van der Waals surface area contributed by atoms with Crippen molar-refractivity contribution in [3.63, 3.8) is 0 Å². The molecule has 0 N–H and O–H groups in total.